The molecule has 3 aromatic rings. The zero-order valence-electron chi connectivity index (χ0n) is 17.4. The van der Waals surface area contributed by atoms with Gasteiger partial charge in [-0.1, -0.05) is 60.1 Å². The van der Waals surface area contributed by atoms with Crippen LogP contribution in [0.25, 0.3) is 0 Å². The minimum absolute atomic E-state index is 0.203. The van der Waals surface area contributed by atoms with Gasteiger partial charge in [0.05, 0.1) is 5.56 Å². The van der Waals surface area contributed by atoms with E-state index >= 15 is 0 Å². The number of hydrogen-bond donors (Lipinski definition) is 0. The predicted molar refractivity (Wildman–Crippen MR) is 120 cm³/mol. The summed E-state index contributed by atoms with van der Waals surface area (Å²) in [7, 11) is 0. The van der Waals surface area contributed by atoms with Crippen LogP contribution in [0.1, 0.15) is 51.4 Å². The summed E-state index contributed by atoms with van der Waals surface area (Å²) in [5.41, 5.74) is 2.60. The molecule has 0 radical (unpaired) electrons. The summed E-state index contributed by atoms with van der Waals surface area (Å²) in [5.74, 6) is 0.444. The number of amides is 1. The van der Waals surface area contributed by atoms with Crippen LogP contribution in [0.5, 0.6) is 0 Å². The molecule has 1 saturated carbocycles. The van der Waals surface area contributed by atoms with Crippen molar-refractivity contribution in [3.05, 3.63) is 106 Å². The van der Waals surface area contributed by atoms with Crippen molar-refractivity contribution in [2.45, 2.75) is 37.9 Å². The lowest BCUT2D eigenvalue weighted by Gasteiger charge is -2.24. The highest BCUT2D eigenvalue weighted by Gasteiger charge is 2.30. The maximum Gasteiger partial charge on any atom is 0.416 e. The molecule has 0 bridgehead atoms. The smallest absolute Gasteiger partial charge is 0.334 e. The Bertz CT molecular complexity index is 1090. The van der Waals surface area contributed by atoms with Crippen molar-refractivity contribution in [2.75, 3.05) is 6.54 Å². The fourth-order valence-electron chi connectivity index (χ4n) is 3.76. The molecule has 3 aromatic carbocycles. The molecule has 0 saturated heterocycles. The molecule has 1 aliphatic carbocycles. The van der Waals surface area contributed by atoms with Gasteiger partial charge in [0.1, 0.15) is 0 Å². The summed E-state index contributed by atoms with van der Waals surface area (Å²) in [5, 5.41) is 0.461. The summed E-state index contributed by atoms with van der Waals surface area (Å²) in [4.78, 5) is 14.9. The van der Waals surface area contributed by atoms with Gasteiger partial charge < -0.3 is 4.90 Å². The molecular weight excluding hydrogens is 435 g/mol. The standard InChI is InChI=1S/C26H23ClF3NO/c27-24-6-2-4-22(16-24)25(32)31(17-19-7-9-20(10-8-19)21-11-12-21)14-13-18-3-1-5-23(15-18)26(28,29)30/h1-10,15-16,21H,11-14,17H2. The predicted octanol–water partition coefficient (Wildman–Crippen LogP) is 7.12. The first-order valence-electron chi connectivity index (χ1n) is 10.6. The van der Waals surface area contributed by atoms with E-state index in [4.69, 9.17) is 11.6 Å². The summed E-state index contributed by atoms with van der Waals surface area (Å²) >= 11 is 6.06. The van der Waals surface area contributed by atoms with Gasteiger partial charge in [0.15, 0.2) is 0 Å². The van der Waals surface area contributed by atoms with Crippen molar-refractivity contribution in [3.63, 3.8) is 0 Å². The molecule has 0 atom stereocenters. The average molecular weight is 458 g/mol. The van der Waals surface area contributed by atoms with Crippen molar-refractivity contribution in [1.29, 1.82) is 0 Å². The quantitative estimate of drug-likeness (QED) is 0.370. The number of rotatable bonds is 7. The van der Waals surface area contributed by atoms with Gasteiger partial charge in [-0.2, -0.15) is 13.2 Å². The third-order valence-corrected chi connectivity index (χ3v) is 5.92. The second kappa shape index (κ2) is 9.37. The van der Waals surface area contributed by atoms with Gasteiger partial charge in [0.25, 0.3) is 5.91 Å². The third kappa shape index (κ3) is 5.71. The van der Waals surface area contributed by atoms with Crippen LogP contribution in [0.15, 0.2) is 72.8 Å². The molecular formula is C26H23ClF3NO. The SMILES string of the molecule is O=C(c1cccc(Cl)c1)N(CCc1cccc(C(F)(F)F)c1)Cc1ccc(C2CC2)cc1. The molecule has 6 heteroatoms. The lowest BCUT2D eigenvalue weighted by molar-refractivity contribution is -0.137. The number of halogens is 4. The first kappa shape index (κ1) is 22.4. The van der Waals surface area contributed by atoms with E-state index in [0.717, 1.165) is 17.7 Å². The molecule has 1 fully saturated rings. The van der Waals surface area contributed by atoms with Crippen molar-refractivity contribution in [1.82, 2.24) is 4.90 Å². The fraction of sp³-hybridized carbons (Fsp3) is 0.269. The highest BCUT2D eigenvalue weighted by Crippen LogP contribution is 2.40. The summed E-state index contributed by atoms with van der Waals surface area (Å²) in [6.45, 7) is 0.659. The van der Waals surface area contributed by atoms with Gasteiger partial charge in [-0.15, -0.1) is 0 Å². The van der Waals surface area contributed by atoms with Crippen molar-refractivity contribution in [3.8, 4) is 0 Å². The van der Waals surface area contributed by atoms with Gasteiger partial charge in [-0.25, -0.2) is 0 Å². The Morgan fingerprint density at radius 1 is 0.938 bits per heavy atom. The molecule has 1 aliphatic rings. The van der Waals surface area contributed by atoms with Gasteiger partial charge in [-0.05, 0) is 66.1 Å². The first-order valence-corrected chi connectivity index (χ1v) is 11.0. The molecule has 0 aliphatic heterocycles. The molecule has 0 heterocycles. The zero-order chi connectivity index (χ0) is 22.7. The van der Waals surface area contributed by atoms with Crippen molar-refractivity contribution >= 4 is 17.5 Å². The van der Waals surface area contributed by atoms with E-state index in [-0.39, 0.29) is 12.5 Å². The molecule has 0 aromatic heterocycles. The maximum absolute atomic E-state index is 13.2. The van der Waals surface area contributed by atoms with Crippen LogP contribution in [0.3, 0.4) is 0 Å². The van der Waals surface area contributed by atoms with Crippen molar-refractivity contribution < 1.29 is 18.0 Å². The molecule has 0 spiro atoms. The Kier molecular flexibility index (Phi) is 6.56. The Morgan fingerprint density at radius 3 is 2.31 bits per heavy atom. The number of hydrogen-bond acceptors (Lipinski definition) is 1. The van der Waals surface area contributed by atoms with Crippen molar-refractivity contribution in [2.24, 2.45) is 0 Å². The number of nitrogens with zero attached hydrogens (tertiary/aromatic N) is 1. The van der Waals surface area contributed by atoms with E-state index in [2.05, 4.69) is 12.1 Å². The maximum atomic E-state index is 13.2. The van der Waals surface area contributed by atoms with Gasteiger partial charge in [0, 0.05) is 23.7 Å². The minimum Gasteiger partial charge on any atom is -0.334 e. The monoisotopic (exact) mass is 457 g/mol. The Morgan fingerprint density at radius 2 is 1.66 bits per heavy atom. The van der Waals surface area contributed by atoms with Crippen LogP contribution < -0.4 is 0 Å². The topological polar surface area (TPSA) is 20.3 Å². The van der Waals surface area contributed by atoms with Crippen LogP contribution in [-0.4, -0.2) is 17.4 Å². The molecule has 0 N–H and O–H groups in total. The lowest BCUT2D eigenvalue weighted by atomic mass is 10.1. The second-order valence-electron chi connectivity index (χ2n) is 8.20. The van der Waals surface area contributed by atoms with E-state index < -0.39 is 11.7 Å². The summed E-state index contributed by atoms with van der Waals surface area (Å²) in [6.07, 6.45) is -1.64. The van der Waals surface area contributed by atoms with Crippen LogP contribution in [0.2, 0.25) is 5.02 Å². The largest absolute Gasteiger partial charge is 0.416 e. The summed E-state index contributed by atoms with van der Waals surface area (Å²) < 4.78 is 39.2. The van der Waals surface area contributed by atoms with E-state index in [1.165, 1.54) is 24.5 Å². The Balaban J connectivity index is 1.53. The molecule has 0 unspecified atom stereocenters. The number of carbonyl (C=O) groups is 1. The average Bonchev–Trinajstić information content (AvgIpc) is 3.62. The van der Waals surface area contributed by atoms with Gasteiger partial charge in [0.2, 0.25) is 0 Å². The van der Waals surface area contributed by atoms with E-state index in [1.807, 2.05) is 12.1 Å². The van der Waals surface area contributed by atoms with Crippen LogP contribution in [0, 0.1) is 0 Å². The lowest BCUT2D eigenvalue weighted by Crippen LogP contribution is -2.32. The van der Waals surface area contributed by atoms with E-state index in [0.29, 0.717) is 35.0 Å². The van der Waals surface area contributed by atoms with Crippen LogP contribution in [-0.2, 0) is 19.1 Å². The first-order chi connectivity index (χ1) is 15.3. The Hall–Kier alpha value is -2.79. The van der Waals surface area contributed by atoms with Crippen LogP contribution >= 0.6 is 11.6 Å². The molecule has 4 rings (SSSR count). The normalized spacial score (nSPS) is 13.8. The highest BCUT2D eigenvalue weighted by molar-refractivity contribution is 6.30. The Labute approximate surface area is 190 Å². The van der Waals surface area contributed by atoms with Gasteiger partial charge in [-0.3, -0.25) is 4.79 Å². The van der Waals surface area contributed by atoms with E-state index in [9.17, 15) is 18.0 Å². The van der Waals surface area contributed by atoms with E-state index in [1.54, 1.807) is 35.2 Å². The highest BCUT2D eigenvalue weighted by atomic mass is 35.5. The molecule has 1 amide bonds. The second-order valence-corrected chi connectivity index (χ2v) is 8.64. The molecule has 2 nitrogen and oxygen atoms in total. The van der Waals surface area contributed by atoms with Crippen LogP contribution in [0.4, 0.5) is 13.2 Å². The fourth-order valence-corrected chi connectivity index (χ4v) is 3.95. The van der Waals surface area contributed by atoms with Gasteiger partial charge >= 0.3 is 6.18 Å². The zero-order valence-corrected chi connectivity index (χ0v) is 18.2. The molecule has 166 valence electrons. The number of benzene rings is 3. The third-order valence-electron chi connectivity index (χ3n) is 5.69. The minimum atomic E-state index is -4.39. The summed E-state index contributed by atoms with van der Waals surface area (Å²) in [6, 6.07) is 20.2. The number of alkyl halides is 3. The molecule has 32 heavy (non-hydrogen) atoms. The number of carbonyl (C=O) groups excluding carboxylic acids is 1.